The van der Waals surface area contributed by atoms with Crippen molar-refractivity contribution in [1.29, 1.82) is 0 Å². The van der Waals surface area contributed by atoms with E-state index in [0.717, 1.165) is 11.5 Å². The molecule has 4 aliphatic heterocycles. The summed E-state index contributed by atoms with van der Waals surface area (Å²) in [6.07, 6.45) is 2.41. The van der Waals surface area contributed by atoms with Gasteiger partial charge in [0.2, 0.25) is 0 Å². The first kappa shape index (κ1) is 20.8. The third-order valence-corrected chi connectivity index (χ3v) is 5.00. The topological polar surface area (TPSA) is 9.23 Å². The van der Waals surface area contributed by atoms with E-state index in [9.17, 15) is 0 Å². The Kier molecular flexibility index (Phi) is 6.79. The maximum absolute atomic E-state index is 5.90. The summed E-state index contributed by atoms with van der Waals surface area (Å²) in [6.45, 7) is 4.59. The largest absolute Gasteiger partial charge is 1.00 e. The summed E-state index contributed by atoms with van der Waals surface area (Å²) in [5.41, 5.74) is 3.66. The first-order valence-corrected chi connectivity index (χ1v) is 8.48. The van der Waals surface area contributed by atoms with Crippen molar-refractivity contribution >= 4 is 0 Å². The number of rotatable bonds is 3. The van der Waals surface area contributed by atoms with Crippen molar-refractivity contribution in [2.45, 2.75) is 19.3 Å². The maximum Gasteiger partial charge on any atom is 1.00 e. The first-order valence-electron chi connectivity index (χ1n) is 8.48. The fourth-order valence-corrected chi connectivity index (χ4v) is 3.71. The second kappa shape index (κ2) is 8.48. The summed E-state index contributed by atoms with van der Waals surface area (Å²) in [7, 11) is 0. The van der Waals surface area contributed by atoms with E-state index >= 15 is 0 Å². The molecule has 0 aliphatic carbocycles. The van der Waals surface area contributed by atoms with Gasteiger partial charge in [0, 0.05) is 0 Å². The van der Waals surface area contributed by atoms with Crippen LogP contribution in [0.3, 0.4) is 0 Å². The molecule has 120 valence electrons. The van der Waals surface area contributed by atoms with Gasteiger partial charge in [-0.2, -0.15) is 24.1 Å². The van der Waals surface area contributed by atoms with Gasteiger partial charge < -0.3 is 4.74 Å². The molecule has 0 N–H and O–H groups in total. The third kappa shape index (κ3) is 3.64. The quantitative estimate of drug-likeness (QED) is 0.486. The van der Waals surface area contributed by atoms with Crippen LogP contribution in [0.1, 0.15) is 30.5 Å². The predicted molar refractivity (Wildman–Crippen MR) is 98.4 cm³/mol. The molecule has 26 heavy (non-hydrogen) atoms. The fourth-order valence-electron chi connectivity index (χ4n) is 3.71. The maximum atomic E-state index is 5.90. The molecule has 3 aromatic carbocycles. The van der Waals surface area contributed by atoms with Gasteiger partial charge in [-0.05, 0) is 46.7 Å². The van der Waals surface area contributed by atoms with E-state index in [1.54, 1.807) is 0 Å². The van der Waals surface area contributed by atoms with Crippen molar-refractivity contribution in [3.63, 3.8) is 0 Å². The molecule has 0 spiro atoms. The van der Waals surface area contributed by atoms with Gasteiger partial charge in [0.25, 0.3) is 0 Å². The van der Waals surface area contributed by atoms with Crippen LogP contribution in [0.2, 0.25) is 0 Å². The molecular formula is C23H21Li2O+. The average molecular weight is 327 g/mol. The van der Waals surface area contributed by atoms with Gasteiger partial charge in [-0.3, -0.25) is 0 Å². The van der Waals surface area contributed by atoms with Crippen LogP contribution in [0.15, 0.2) is 78.9 Å². The van der Waals surface area contributed by atoms with Crippen LogP contribution in [-0.2, 0) is 5.41 Å². The molecule has 0 aromatic heterocycles. The average Bonchev–Trinajstić information content (AvgIpc) is 2.62. The summed E-state index contributed by atoms with van der Waals surface area (Å²) < 4.78 is 5.90. The summed E-state index contributed by atoms with van der Waals surface area (Å²) >= 11 is 0. The Morgan fingerprint density at radius 3 is 1.58 bits per heavy atom. The van der Waals surface area contributed by atoms with Crippen LogP contribution < -0.4 is 42.5 Å². The van der Waals surface area contributed by atoms with Gasteiger partial charge in [-0.25, -0.2) is 0 Å². The van der Waals surface area contributed by atoms with Crippen LogP contribution in [0, 0.1) is 12.3 Å². The minimum absolute atomic E-state index is 0. The molecule has 0 unspecified atom stereocenters. The second-order valence-electron chi connectivity index (χ2n) is 6.73. The molecule has 0 amide bonds. The Hall–Kier alpha value is -1.48. The monoisotopic (exact) mass is 327 g/mol. The van der Waals surface area contributed by atoms with Crippen molar-refractivity contribution < 1.29 is 42.5 Å². The zero-order valence-corrected chi connectivity index (χ0v) is 16.1. The standard InChI is InChI=1S/C23H21O.2Li/c1-17(2)23(16-18-6-4-3-5-7-18)19-8-12-21(13-9-19)24-22-14-10-20(23)11-15-22;;/h3-17H,1-2H3;;/q-1;2*+1. The van der Waals surface area contributed by atoms with Crippen molar-refractivity contribution in [3.8, 4) is 11.5 Å². The Labute approximate surface area is 180 Å². The van der Waals surface area contributed by atoms with Crippen molar-refractivity contribution in [3.05, 3.63) is 102 Å². The van der Waals surface area contributed by atoms with Gasteiger partial charge in [0.15, 0.2) is 0 Å². The van der Waals surface area contributed by atoms with E-state index in [4.69, 9.17) is 4.74 Å². The number of ether oxygens (including phenoxy) is 1. The van der Waals surface area contributed by atoms with Crippen molar-refractivity contribution in [2.24, 2.45) is 5.92 Å². The molecule has 0 saturated heterocycles. The first-order chi connectivity index (χ1) is 11.7. The molecule has 4 aliphatic rings. The normalized spacial score (nSPS) is 13.3. The van der Waals surface area contributed by atoms with Gasteiger partial charge in [-0.1, -0.05) is 44.2 Å². The Balaban J connectivity index is 0.00000121. The molecule has 3 aromatic rings. The molecule has 3 heteroatoms. The summed E-state index contributed by atoms with van der Waals surface area (Å²) in [6, 6.07) is 27.7. The van der Waals surface area contributed by atoms with Crippen LogP contribution in [0.4, 0.5) is 0 Å². The zero-order valence-electron chi connectivity index (χ0n) is 16.1. The predicted octanol–water partition coefficient (Wildman–Crippen LogP) is -0.00501. The van der Waals surface area contributed by atoms with E-state index in [0.29, 0.717) is 5.92 Å². The molecule has 7 rings (SSSR count). The van der Waals surface area contributed by atoms with Gasteiger partial charge >= 0.3 is 37.7 Å². The molecule has 0 saturated carbocycles. The van der Waals surface area contributed by atoms with E-state index < -0.39 is 0 Å². The number of hydrogen-bond donors (Lipinski definition) is 0. The minimum atomic E-state index is -0.171. The second-order valence-corrected chi connectivity index (χ2v) is 6.73. The van der Waals surface area contributed by atoms with Crippen LogP contribution in [0.25, 0.3) is 0 Å². The van der Waals surface area contributed by atoms with Gasteiger partial charge in [0.1, 0.15) is 11.5 Å². The summed E-state index contributed by atoms with van der Waals surface area (Å²) in [5.74, 6) is 2.17. The van der Waals surface area contributed by atoms with Gasteiger partial charge in [0.05, 0.1) is 0 Å². The van der Waals surface area contributed by atoms with Crippen LogP contribution in [-0.4, -0.2) is 0 Å². The number of hydrogen-bond acceptors (Lipinski definition) is 1. The molecule has 0 fully saturated rings. The van der Waals surface area contributed by atoms with E-state index in [1.165, 1.54) is 16.7 Å². The Morgan fingerprint density at radius 2 is 1.15 bits per heavy atom. The van der Waals surface area contributed by atoms with E-state index in [2.05, 4.69) is 99.1 Å². The molecule has 4 bridgehead atoms. The SMILES string of the molecule is CC(C)C1([CH-]c2ccccc2)c2ccc(cc2)Oc2ccc1cc2.[Li+].[Li+]. The Bertz CT molecular complexity index is 779. The van der Waals surface area contributed by atoms with Crippen LogP contribution >= 0.6 is 0 Å². The molecule has 0 atom stereocenters. The zero-order chi connectivity index (χ0) is 16.6. The van der Waals surface area contributed by atoms with Crippen molar-refractivity contribution in [1.82, 2.24) is 0 Å². The van der Waals surface area contributed by atoms with Crippen molar-refractivity contribution in [2.75, 3.05) is 0 Å². The third-order valence-electron chi connectivity index (χ3n) is 5.00. The molecule has 0 radical (unpaired) electrons. The Morgan fingerprint density at radius 1 is 0.692 bits per heavy atom. The molecular weight excluding hydrogens is 306 g/mol. The summed E-state index contributed by atoms with van der Waals surface area (Å²) in [5, 5.41) is 0. The van der Waals surface area contributed by atoms with Gasteiger partial charge in [-0.15, -0.1) is 12.1 Å². The molecule has 1 nitrogen and oxygen atoms in total. The minimum Gasteiger partial charge on any atom is -0.457 e. The smallest absolute Gasteiger partial charge is 0.457 e. The number of benzene rings is 3. The van der Waals surface area contributed by atoms with Crippen LogP contribution in [0.5, 0.6) is 11.5 Å². The summed E-state index contributed by atoms with van der Waals surface area (Å²) in [4.78, 5) is 0. The molecule has 4 heterocycles. The van der Waals surface area contributed by atoms with E-state index in [-0.39, 0.29) is 43.1 Å². The fraction of sp³-hybridized carbons (Fsp3) is 0.174. The van der Waals surface area contributed by atoms with E-state index in [1.807, 2.05) is 0 Å².